The highest BCUT2D eigenvalue weighted by Gasteiger charge is 2.13. The maximum atomic E-state index is 5.51. The fourth-order valence-corrected chi connectivity index (χ4v) is 3.10. The lowest BCUT2D eigenvalue weighted by Crippen LogP contribution is -1.91. The van der Waals surface area contributed by atoms with Gasteiger partial charge < -0.3 is 9.14 Å². The van der Waals surface area contributed by atoms with Gasteiger partial charge in [0, 0.05) is 16.0 Å². The third kappa shape index (κ3) is 3.29. The summed E-state index contributed by atoms with van der Waals surface area (Å²) in [5, 5.41) is 0. The zero-order chi connectivity index (χ0) is 16.9. The molecule has 0 fully saturated rings. The smallest absolute Gasteiger partial charge is 0.134 e. The second kappa shape index (κ2) is 7.23. The molecule has 0 aliphatic rings. The molecule has 2 aromatic carbocycles. The van der Waals surface area contributed by atoms with Gasteiger partial charge in [0.05, 0.1) is 17.6 Å². The number of benzene rings is 2. The fraction of sp³-hybridized carbons (Fsp3) is 0.0500. The number of nitrogens with one attached hydrogen (secondary N) is 1. The van der Waals surface area contributed by atoms with Crippen LogP contribution in [0.25, 0.3) is 17.4 Å². The van der Waals surface area contributed by atoms with Crippen LogP contribution in [-0.4, -0.2) is 6.72 Å². The van der Waals surface area contributed by atoms with Crippen LogP contribution in [0.2, 0.25) is 0 Å². The quantitative estimate of drug-likeness (QED) is 0.421. The van der Waals surface area contributed by atoms with E-state index in [1.807, 2.05) is 24.3 Å². The number of nitrogens with zero attached hydrogens (tertiary/aromatic N) is 1. The van der Waals surface area contributed by atoms with Crippen molar-refractivity contribution in [3.63, 3.8) is 0 Å². The molecule has 1 N–H and O–H groups in total. The van der Waals surface area contributed by atoms with Crippen molar-refractivity contribution in [2.45, 2.75) is 11.8 Å². The first-order valence-corrected chi connectivity index (χ1v) is 8.34. The van der Waals surface area contributed by atoms with E-state index in [4.69, 9.17) is 4.42 Å². The molecule has 120 valence electrons. The van der Waals surface area contributed by atoms with Crippen LogP contribution in [0.3, 0.4) is 0 Å². The van der Waals surface area contributed by atoms with E-state index >= 15 is 0 Å². The molecule has 24 heavy (non-hydrogen) atoms. The molecule has 3 aromatic rings. The number of rotatable bonds is 6. The summed E-state index contributed by atoms with van der Waals surface area (Å²) in [5.41, 5.74) is 4.74. The zero-order valence-corrected chi connectivity index (χ0v) is 14.3. The Bertz CT molecular complexity index is 852. The first-order valence-electron chi connectivity index (χ1n) is 7.52. The van der Waals surface area contributed by atoms with Crippen molar-refractivity contribution in [2.75, 3.05) is 4.72 Å². The number of aryl methyl sites for hydroxylation is 1. The van der Waals surface area contributed by atoms with Crippen molar-refractivity contribution in [3.05, 3.63) is 72.5 Å². The highest BCUT2D eigenvalue weighted by Crippen LogP contribution is 2.39. The monoisotopic (exact) mass is 334 g/mol. The highest BCUT2D eigenvalue weighted by atomic mass is 32.2. The molecular formula is C20H18N2OS. The standard InChI is InChI=1S/C20H18N2OS/c1-4-16-17(19-6-5-13-23-19)11-12-18(20(16)21-3)22-24-15-9-7-14(2)8-10-15/h4-13,22H,1,3H2,2H3. The minimum absolute atomic E-state index is 0.763. The van der Waals surface area contributed by atoms with Gasteiger partial charge in [-0.1, -0.05) is 30.4 Å². The molecule has 0 atom stereocenters. The molecule has 0 aliphatic carbocycles. The molecule has 1 heterocycles. The molecule has 3 nitrogen and oxygen atoms in total. The van der Waals surface area contributed by atoms with E-state index in [0.717, 1.165) is 33.2 Å². The Morgan fingerprint density at radius 3 is 2.54 bits per heavy atom. The molecule has 0 amide bonds. The molecule has 0 spiro atoms. The number of anilines is 1. The van der Waals surface area contributed by atoms with Crippen LogP contribution in [0.4, 0.5) is 11.4 Å². The Morgan fingerprint density at radius 1 is 1.12 bits per heavy atom. The summed E-state index contributed by atoms with van der Waals surface area (Å²) in [7, 11) is 0. The number of hydrogen-bond donors (Lipinski definition) is 1. The Kier molecular flexibility index (Phi) is 4.87. The van der Waals surface area contributed by atoms with Crippen molar-refractivity contribution in [1.82, 2.24) is 0 Å². The van der Waals surface area contributed by atoms with E-state index in [2.05, 4.69) is 54.2 Å². The number of hydrogen-bond acceptors (Lipinski definition) is 4. The predicted molar refractivity (Wildman–Crippen MR) is 104 cm³/mol. The lowest BCUT2D eigenvalue weighted by Gasteiger charge is -2.13. The zero-order valence-electron chi connectivity index (χ0n) is 13.5. The van der Waals surface area contributed by atoms with Gasteiger partial charge in [0.15, 0.2) is 0 Å². The van der Waals surface area contributed by atoms with Crippen LogP contribution in [-0.2, 0) is 0 Å². The first kappa shape index (κ1) is 16.1. The lowest BCUT2D eigenvalue weighted by atomic mass is 10.0. The maximum Gasteiger partial charge on any atom is 0.134 e. The van der Waals surface area contributed by atoms with E-state index in [9.17, 15) is 0 Å². The van der Waals surface area contributed by atoms with Crippen molar-refractivity contribution < 1.29 is 4.42 Å². The molecule has 0 unspecified atom stereocenters. The van der Waals surface area contributed by atoms with Gasteiger partial charge in [-0.25, -0.2) is 0 Å². The van der Waals surface area contributed by atoms with Crippen LogP contribution in [0.1, 0.15) is 11.1 Å². The van der Waals surface area contributed by atoms with E-state index in [-0.39, 0.29) is 0 Å². The minimum atomic E-state index is 0.763. The Labute approximate surface area is 146 Å². The third-order valence-electron chi connectivity index (χ3n) is 3.67. The maximum absolute atomic E-state index is 5.51. The van der Waals surface area contributed by atoms with Gasteiger partial charge in [-0.05, 0) is 62.0 Å². The summed E-state index contributed by atoms with van der Waals surface area (Å²) < 4.78 is 8.86. The van der Waals surface area contributed by atoms with E-state index in [1.165, 1.54) is 17.5 Å². The second-order valence-electron chi connectivity index (χ2n) is 5.28. The summed E-state index contributed by atoms with van der Waals surface area (Å²) in [4.78, 5) is 5.33. The summed E-state index contributed by atoms with van der Waals surface area (Å²) in [5.74, 6) is 0.785. The van der Waals surface area contributed by atoms with Gasteiger partial charge in [0.1, 0.15) is 5.76 Å². The summed E-state index contributed by atoms with van der Waals surface area (Å²) in [6.45, 7) is 9.70. The SMILES string of the molecule is C=Cc1c(-c2ccco2)ccc(NSc2ccc(C)cc2)c1N=C. The topological polar surface area (TPSA) is 37.5 Å². The average molecular weight is 334 g/mol. The van der Waals surface area contributed by atoms with Gasteiger partial charge in [0.2, 0.25) is 0 Å². The Morgan fingerprint density at radius 2 is 1.92 bits per heavy atom. The lowest BCUT2D eigenvalue weighted by molar-refractivity contribution is 0.582. The van der Waals surface area contributed by atoms with Crippen LogP contribution < -0.4 is 4.72 Å². The van der Waals surface area contributed by atoms with Crippen molar-refractivity contribution in [3.8, 4) is 11.3 Å². The second-order valence-corrected chi connectivity index (χ2v) is 6.16. The molecule has 3 rings (SSSR count). The molecule has 0 bridgehead atoms. The molecule has 0 aliphatic heterocycles. The average Bonchev–Trinajstić information content (AvgIpc) is 3.14. The van der Waals surface area contributed by atoms with Crippen LogP contribution in [0, 0.1) is 6.92 Å². The molecule has 0 saturated heterocycles. The van der Waals surface area contributed by atoms with E-state index < -0.39 is 0 Å². The van der Waals surface area contributed by atoms with Crippen LogP contribution >= 0.6 is 11.9 Å². The molecule has 0 saturated carbocycles. The van der Waals surface area contributed by atoms with E-state index in [1.54, 1.807) is 12.3 Å². The molecular weight excluding hydrogens is 316 g/mol. The summed E-state index contributed by atoms with van der Waals surface area (Å²) in [6.07, 6.45) is 3.44. The van der Waals surface area contributed by atoms with Crippen molar-refractivity contribution in [1.29, 1.82) is 0 Å². The first-order chi connectivity index (χ1) is 11.7. The third-order valence-corrected chi connectivity index (χ3v) is 4.50. The van der Waals surface area contributed by atoms with Gasteiger partial charge in [-0.2, -0.15) is 0 Å². The Balaban J connectivity index is 1.92. The Hall–Kier alpha value is -2.72. The largest absolute Gasteiger partial charge is 0.464 e. The number of aliphatic imine (C=N–C) groups is 1. The van der Waals surface area contributed by atoms with Gasteiger partial charge in [-0.3, -0.25) is 4.99 Å². The molecule has 4 heteroatoms. The molecule has 1 aromatic heterocycles. The van der Waals surface area contributed by atoms with Crippen molar-refractivity contribution in [2.24, 2.45) is 4.99 Å². The predicted octanol–water partition coefficient (Wildman–Crippen LogP) is 6.35. The van der Waals surface area contributed by atoms with Gasteiger partial charge in [0.25, 0.3) is 0 Å². The van der Waals surface area contributed by atoms with Crippen LogP contribution in [0.5, 0.6) is 0 Å². The molecule has 0 radical (unpaired) electrons. The minimum Gasteiger partial charge on any atom is -0.464 e. The summed E-state index contributed by atoms with van der Waals surface area (Å²) >= 11 is 1.54. The normalized spacial score (nSPS) is 10.4. The van der Waals surface area contributed by atoms with Gasteiger partial charge >= 0.3 is 0 Å². The van der Waals surface area contributed by atoms with E-state index in [0.29, 0.717) is 0 Å². The fourth-order valence-electron chi connectivity index (χ4n) is 2.43. The van der Waals surface area contributed by atoms with Crippen molar-refractivity contribution >= 4 is 36.1 Å². The van der Waals surface area contributed by atoms with Gasteiger partial charge in [-0.15, -0.1) is 0 Å². The number of furan rings is 1. The van der Waals surface area contributed by atoms with Crippen LogP contribution in [0.15, 0.2) is 75.7 Å². The summed E-state index contributed by atoms with van der Waals surface area (Å²) in [6, 6.07) is 16.1. The highest BCUT2D eigenvalue weighted by molar-refractivity contribution is 8.00.